The summed E-state index contributed by atoms with van der Waals surface area (Å²) in [7, 11) is 0. The van der Waals surface area contributed by atoms with Crippen LogP contribution in [0.3, 0.4) is 0 Å². The fourth-order valence-corrected chi connectivity index (χ4v) is 2.16. The van der Waals surface area contributed by atoms with Crippen LogP contribution in [0.15, 0.2) is 24.3 Å². The minimum atomic E-state index is -2.73. The van der Waals surface area contributed by atoms with Crippen LogP contribution in [0.4, 0.5) is 13.2 Å². The van der Waals surface area contributed by atoms with Gasteiger partial charge in [-0.2, -0.15) is 0 Å². The van der Waals surface area contributed by atoms with E-state index in [0.29, 0.717) is 5.56 Å². The van der Waals surface area contributed by atoms with E-state index in [0.717, 1.165) is 0 Å². The number of hydrogen-bond donors (Lipinski definition) is 1. The first-order chi connectivity index (χ1) is 6.97. The van der Waals surface area contributed by atoms with Crippen molar-refractivity contribution in [3.05, 3.63) is 35.6 Å². The van der Waals surface area contributed by atoms with E-state index in [1.54, 1.807) is 6.07 Å². The maximum atomic E-state index is 12.9. The van der Waals surface area contributed by atoms with Crippen LogP contribution in [0, 0.1) is 5.82 Å². The summed E-state index contributed by atoms with van der Waals surface area (Å²) in [6.07, 6.45) is -0.806. The topological polar surface area (TPSA) is 20.2 Å². The van der Waals surface area contributed by atoms with Crippen LogP contribution in [0.5, 0.6) is 0 Å². The third kappa shape index (κ3) is 1.74. The fourth-order valence-electron chi connectivity index (χ4n) is 2.16. The van der Waals surface area contributed by atoms with Gasteiger partial charge < -0.3 is 5.11 Å². The van der Waals surface area contributed by atoms with Gasteiger partial charge >= 0.3 is 0 Å². The fraction of sp³-hybridized carbons (Fsp3) is 0.455. The molecule has 0 unspecified atom stereocenters. The van der Waals surface area contributed by atoms with Crippen molar-refractivity contribution in [3.63, 3.8) is 0 Å². The summed E-state index contributed by atoms with van der Waals surface area (Å²) in [4.78, 5) is 0. The highest BCUT2D eigenvalue weighted by Gasteiger charge is 2.56. The van der Waals surface area contributed by atoms with Gasteiger partial charge in [0.15, 0.2) is 0 Å². The molecular weight excluding hydrogens is 205 g/mol. The highest BCUT2D eigenvalue weighted by atomic mass is 19.3. The van der Waals surface area contributed by atoms with Crippen LogP contribution in [0.2, 0.25) is 0 Å². The summed E-state index contributed by atoms with van der Waals surface area (Å²) in [6, 6.07) is 5.52. The highest BCUT2D eigenvalue weighted by molar-refractivity contribution is 5.31. The standard InChI is InChI=1S/C11H11F3O/c12-9-3-1-2-8(4-9)10(7-15)5-11(13,14)6-10/h1-4,15H,5-7H2. The third-order valence-corrected chi connectivity index (χ3v) is 2.93. The number of hydrogen-bond acceptors (Lipinski definition) is 1. The molecule has 4 heteroatoms. The van der Waals surface area contributed by atoms with Crippen molar-refractivity contribution in [2.45, 2.75) is 24.2 Å². The van der Waals surface area contributed by atoms with Gasteiger partial charge in [0.25, 0.3) is 0 Å². The lowest BCUT2D eigenvalue weighted by Crippen LogP contribution is -2.51. The average Bonchev–Trinajstić information content (AvgIpc) is 2.13. The predicted molar refractivity (Wildman–Crippen MR) is 49.3 cm³/mol. The van der Waals surface area contributed by atoms with Crippen LogP contribution in [-0.2, 0) is 5.41 Å². The minimum Gasteiger partial charge on any atom is -0.395 e. The summed E-state index contributed by atoms with van der Waals surface area (Å²) in [5.41, 5.74) is -0.498. The second-order valence-electron chi connectivity index (χ2n) is 4.16. The molecule has 0 radical (unpaired) electrons. The maximum Gasteiger partial charge on any atom is 0.250 e. The van der Waals surface area contributed by atoms with Crippen molar-refractivity contribution in [1.29, 1.82) is 0 Å². The van der Waals surface area contributed by atoms with E-state index in [4.69, 9.17) is 5.11 Å². The first kappa shape index (κ1) is 10.5. The van der Waals surface area contributed by atoms with Gasteiger partial charge in [0.2, 0.25) is 5.92 Å². The summed E-state index contributed by atoms with van der Waals surface area (Å²) < 4.78 is 38.5. The zero-order valence-electron chi connectivity index (χ0n) is 8.01. The SMILES string of the molecule is OCC1(c2cccc(F)c2)CC(F)(F)C1. The monoisotopic (exact) mass is 216 g/mol. The van der Waals surface area contributed by atoms with Crippen molar-refractivity contribution in [2.24, 2.45) is 0 Å². The lowest BCUT2D eigenvalue weighted by Gasteiger charge is -2.46. The van der Waals surface area contributed by atoms with Crippen molar-refractivity contribution < 1.29 is 18.3 Å². The smallest absolute Gasteiger partial charge is 0.250 e. The summed E-state index contributed by atoms with van der Waals surface area (Å²) in [6.45, 7) is -0.369. The second kappa shape index (κ2) is 3.23. The van der Waals surface area contributed by atoms with Crippen LogP contribution in [-0.4, -0.2) is 17.6 Å². The summed E-state index contributed by atoms with van der Waals surface area (Å²) in [5.74, 6) is -3.19. The molecule has 0 atom stereocenters. The molecule has 0 aromatic heterocycles. The van der Waals surface area contributed by atoms with E-state index in [1.807, 2.05) is 0 Å². The Hall–Kier alpha value is -1.03. The molecule has 0 spiro atoms. The molecule has 1 N–H and O–H groups in total. The van der Waals surface area contributed by atoms with E-state index in [-0.39, 0.29) is 6.61 Å². The minimum absolute atomic E-state index is 0.369. The Kier molecular flexibility index (Phi) is 2.26. The number of rotatable bonds is 2. The third-order valence-electron chi connectivity index (χ3n) is 2.93. The van der Waals surface area contributed by atoms with Crippen molar-refractivity contribution in [3.8, 4) is 0 Å². The van der Waals surface area contributed by atoms with Gasteiger partial charge in [-0.3, -0.25) is 0 Å². The quantitative estimate of drug-likeness (QED) is 0.805. The molecule has 1 fully saturated rings. The molecule has 2 rings (SSSR count). The van der Waals surface area contributed by atoms with Crippen LogP contribution >= 0.6 is 0 Å². The Balaban J connectivity index is 2.29. The maximum absolute atomic E-state index is 12.9. The second-order valence-corrected chi connectivity index (χ2v) is 4.16. The Morgan fingerprint density at radius 3 is 2.40 bits per heavy atom. The van der Waals surface area contributed by atoms with Crippen molar-refractivity contribution >= 4 is 0 Å². The normalized spacial score (nSPS) is 22.1. The Morgan fingerprint density at radius 2 is 1.93 bits per heavy atom. The van der Waals surface area contributed by atoms with Crippen LogP contribution in [0.25, 0.3) is 0 Å². The van der Waals surface area contributed by atoms with E-state index in [1.165, 1.54) is 18.2 Å². The predicted octanol–water partition coefficient (Wildman–Crippen LogP) is 2.48. The number of halogens is 3. The molecule has 15 heavy (non-hydrogen) atoms. The molecule has 1 aromatic carbocycles. The summed E-state index contributed by atoms with van der Waals surface area (Å²) in [5, 5.41) is 9.16. The molecule has 0 bridgehead atoms. The zero-order valence-corrected chi connectivity index (χ0v) is 8.01. The number of aliphatic hydroxyl groups is 1. The Bertz CT molecular complexity index is 368. The van der Waals surface area contributed by atoms with Crippen LogP contribution < -0.4 is 0 Å². The van der Waals surface area contributed by atoms with Gasteiger partial charge in [0, 0.05) is 18.3 Å². The molecule has 0 heterocycles. The van der Waals surface area contributed by atoms with Gasteiger partial charge in [0.1, 0.15) is 5.82 Å². The molecule has 82 valence electrons. The molecule has 0 saturated heterocycles. The molecule has 1 aliphatic rings. The van der Waals surface area contributed by atoms with E-state index in [9.17, 15) is 13.2 Å². The molecular formula is C11H11F3O. The van der Waals surface area contributed by atoms with E-state index >= 15 is 0 Å². The van der Waals surface area contributed by atoms with Crippen molar-refractivity contribution in [1.82, 2.24) is 0 Å². The highest BCUT2D eigenvalue weighted by Crippen LogP contribution is 2.53. The van der Waals surface area contributed by atoms with Gasteiger partial charge in [-0.1, -0.05) is 12.1 Å². The molecule has 1 aliphatic carbocycles. The van der Waals surface area contributed by atoms with Crippen molar-refractivity contribution in [2.75, 3.05) is 6.61 Å². The zero-order chi connectivity index (χ0) is 11.1. The molecule has 0 aliphatic heterocycles. The largest absolute Gasteiger partial charge is 0.395 e. The molecule has 0 amide bonds. The van der Waals surface area contributed by atoms with Gasteiger partial charge in [-0.15, -0.1) is 0 Å². The first-order valence-electron chi connectivity index (χ1n) is 4.72. The Morgan fingerprint density at radius 1 is 1.27 bits per heavy atom. The first-order valence-corrected chi connectivity index (χ1v) is 4.72. The van der Waals surface area contributed by atoms with Gasteiger partial charge in [0.05, 0.1) is 6.61 Å². The lowest BCUT2D eigenvalue weighted by atomic mass is 9.62. The molecule has 1 nitrogen and oxygen atoms in total. The molecule has 1 aromatic rings. The number of alkyl halides is 2. The van der Waals surface area contributed by atoms with E-state index in [2.05, 4.69) is 0 Å². The van der Waals surface area contributed by atoms with Gasteiger partial charge in [-0.05, 0) is 17.7 Å². The van der Waals surface area contributed by atoms with Crippen LogP contribution in [0.1, 0.15) is 18.4 Å². The Labute approximate surface area is 85.5 Å². The van der Waals surface area contributed by atoms with Gasteiger partial charge in [-0.25, -0.2) is 13.2 Å². The number of aliphatic hydroxyl groups excluding tert-OH is 1. The average molecular weight is 216 g/mol. The lowest BCUT2D eigenvalue weighted by molar-refractivity contribution is -0.139. The van der Waals surface area contributed by atoms with E-state index < -0.39 is 30.0 Å². The number of benzene rings is 1. The molecule has 1 saturated carbocycles. The summed E-state index contributed by atoms with van der Waals surface area (Å²) >= 11 is 0.